The maximum absolute atomic E-state index is 13.3. The molecule has 0 saturated carbocycles. The van der Waals surface area contributed by atoms with E-state index in [-0.39, 0.29) is 6.29 Å². The Hall–Kier alpha value is -1.44. The molecule has 0 unspecified atom stereocenters. The number of benzene rings is 1. The number of carbonyl (C=O) groups excluding carboxylic acids is 1. The lowest BCUT2D eigenvalue weighted by atomic mass is 10.2. The molecule has 9 heteroatoms. The number of rotatable bonds is 3. The van der Waals surface area contributed by atoms with E-state index in [1.807, 2.05) is 0 Å². The average Bonchev–Trinajstić information content (AvgIpc) is 2.26. The molecule has 0 atom stereocenters. The lowest BCUT2D eigenvalue weighted by Gasteiger charge is -2.12. The number of halogens is 7. The van der Waals surface area contributed by atoms with Crippen LogP contribution in [0.25, 0.3) is 0 Å². The van der Waals surface area contributed by atoms with Gasteiger partial charge < -0.3 is 4.74 Å². The molecule has 0 N–H and O–H groups in total. The van der Waals surface area contributed by atoms with Crippen LogP contribution in [0.4, 0.5) is 26.3 Å². The quantitative estimate of drug-likeness (QED) is 0.484. The van der Waals surface area contributed by atoms with Crippen molar-refractivity contribution in [2.75, 3.05) is 6.61 Å². The fourth-order valence-corrected chi connectivity index (χ4v) is 1.23. The Kier molecular flexibility index (Phi) is 4.10. The average molecular weight is 293 g/mol. The van der Waals surface area contributed by atoms with Crippen LogP contribution < -0.4 is 4.74 Å². The normalized spacial score (nSPS) is 11.5. The Morgan fingerprint density at radius 1 is 1.11 bits per heavy atom. The van der Waals surface area contributed by atoms with Gasteiger partial charge in [-0.2, -0.15) is 17.6 Å². The Morgan fingerprint density at radius 2 is 1.67 bits per heavy atom. The van der Waals surface area contributed by atoms with Crippen LogP contribution in [-0.4, -0.2) is 19.1 Å². The molecule has 0 aliphatic rings. The molecule has 2 nitrogen and oxygen atoms in total. The molecular formula is C9H3ClF6O2. The molecule has 0 aliphatic heterocycles. The van der Waals surface area contributed by atoms with Crippen molar-refractivity contribution in [1.82, 2.24) is 0 Å². The van der Waals surface area contributed by atoms with Gasteiger partial charge in [0, 0.05) is 0 Å². The van der Waals surface area contributed by atoms with Gasteiger partial charge in [-0.25, -0.2) is 8.78 Å². The summed E-state index contributed by atoms with van der Waals surface area (Å²) in [7, 11) is 0. The summed E-state index contributed by atoms with van der Waals surface area (Å²) >= 11 is 5.15. The summed E-state index contributed by atoms with van der Waals surface area (Å²) in [4.78, 5) is 10.3. The maximum Gasteiger partial charge on any atom is 0.422 e. The monoisotopic (exact) mass is 292 g/mol. The van der Waals surface area contributed by atoms with Gasteiger partial charge in [-0.15, -0.1) is 0 Å². The molecule has 0 heterocycles. The van der Waals surface area contributed by atoms with Crippen LogP contribution in [0.5, 0.6) is 5.75 Å². The maximum atomic E-state index is 13.3. The minimum atomic E-state index is -4.87. The van der Waals surface area contributed by atoms with E-state index < -0.39 is 46.6 Å². The Bertz CT molecular complexity index is 456. The molecule has 100 valence electrons. The molecular weight excluding hydrogens is 290 g/mol. The summed E-state index contributed by atoms with van der Waals surface area (Å²) in [5.74, 6) is -7.33. The van der Waals surface area contributed by atoms with Crippen molar-refractivity contribution >= 4 is 17.9 Å². The zero-order valence-corrected chi connectivity index (χ0v) is 9.00. The van der Waals surface area contributed by atoms with E-state index in [9.17, 15) is 31.1 Å². The van der Waals surface area contributed by atoms with Gasteiger partial charge in [0.2, 0.25) is 5.82 Å². The molecule has 0 fully saturated rings. The highest BCUT2D eigenvalue weighted by atomic mass is 35.5. The molecule has 1 rings (SSSR count). The lowest BCUT2D eigenvalue weighted by molar-refractivity contribution is -0.154. The Morgan fingerprint density at radius 3 is 2.11 bits per heavy atom. The minimum Gasteiger partial charge on any atom is -0.478 e. The summed E-state index contributed by atoms with van der Waals surface area (Å²) in [5, 5.41) is -1.15. The second-order valence-electron chi connectivity index (χ2n) is 3.02. The first-order valence-electron chi connectivity index (χ1n) is 4.19. The number of hydrogen-bond donors (Lipinski definition) is 0. The smallest absolute Gasteiger partial charge is 0.422 e. The predicted molar refractivity (Wildman–Crippen MR) is 48.3 cm³/mol. The fourth-order valence-electron chi connectivity index (χ4n) is 1.01. The molecule has 1 aromatic carbocycles. The van der Waals surface area contributed by atoms with E-state index in [4.69, 9.17) is 11.6 Å². The van der Waals surface area contributed by atoms with Gasteiger partial charge >= 0.3 is 6.18 Å². The van der Waals surface area contributed by atoms with E-state index in [0.717, 1.165) is 0 Å². The molecule has 0 saturated heterocycles. The van der Waals surface area contributed by atoms with Crippen LogP contribution in [0.1, 0.15) is 10.4 Å². The van der Waals surface area contributed by atoms with Crippen LogP contribution in [0.15, 0.2) is 0 Å². The molecule has 1 aromatic rings. The largest absolute Gasteiger partial charge is 0.478 e. The first kappa shape index (κ1) is 14.6. The zero-order chi connectivity index (χ0) is 14.1. The molecule has 0 spiro atoms. The Labute approximate surface area is 101 Å². The van der Waals surface area contributed by atoms with Gasteiger partial charge in [0.15, 0.2) is 30.3 Å². The van der Waals surface area contributed by atoms with Crippen molar-refractivity contribution in [2.24, 2.45) is 0 Å². The van der Waals surface area contributed by atoms with E-state index in [1.165, 1.54) is 0 Å². The van der Waals surface area contributed by atoms with Gasteiger partial charge in [0.25, 0.3) is 0 Å². The van der Waals surface area contributed by atoms with E-state index in [2.05, 4.69) is 4.74 Å². The second-order valence-corrected chi connectivity index (χ2v) is 3.40. The van der Waals surface area contributed by atoms with E-state index in [0.29, 0.717) is 0 Å². The summed E-state index contributed by atoms with van der Waals surface area (Å²) in [6.07, 6.45) is -5.14. The van der Waals surface area contributed by atoms with Crippen molar-refractivity contribution in [2.45, 2.75) is 6.18 Å². The summed E-state index contributed by atoms with van der Waals surface area (Å²) in [6, 6.07) is 0. The molecule has 18 heavy (non-hydrogen) atoms. The molecule has 0 radical (unpaired) electrons. The molecule has 0 amide bonds. The number of ether oxygens (including phenoxy) is 1. The van der Waals surface area contributed by atoms with Gasteiger partial charge in [0.1, 0.15) is 0 Å². The van der Waals surface area contributed by atoms with Gasteiger partial charge in [0.05, 0.1) is 10.6 Å². The topological polar surface area (TPSA) is 26.3 Å². The number of alkyl halides is 3. The van der Waals surface area contributed by atoms with Gasteiger partial charge in [-0.3, -0.25) is 4.79 Å². The fraction of sp³-hybridized carbons (Fsp3) is 0.222. The second kappa shape index (κ2) is 5.05. The first-order valence-corrected chi connectivity index (χ1v) is 4.57. The molecule has 0 aromatic heterocycles. The van der Waals surface area contributed by atoms with Crippen LogP contribution in [0.3, 0.4) is 0 Å². The van der Waals surface area contributed by atoms with E-state index >= 15 is 0 Å². The highest BCUT2D eigenvalue weighted by Gasteiger charge is 2.32. The van der Waals surface area contributed by atoms with Crippen molar-refractivity contribution in [3.63, 3.8) is 0 Å². The summed E-state index contributed by atoms with van der Waals surface area (Å²) in [5.41, 5.74) is -1.13. The third-order valence-electron chi connectivity index (χ3n) is 1.76. The van der Waals surface area contributed by atoms with Crippen molar-refractivity contribution in [3.8, 4) is 5.75 Å². The van der Waals surface area contributed by atoms with Crippen LogP contribution >= 0.6 is 11.6 Å². The SMILES string of the molecule is O=Cc1c(F)c(F)c(OCC(F)(F)F)c(F)c1Cl. The first-order chi connectivity index (χ1) is 8.19. The van der Waals surface area contributed by atoms with Gasteiger partial charge in [-0.1, -0.05) is 11.6 Å². The van der Waals surface area contributed by atoms with Crippen molar-refractivity contribution in [1.29, 1.82) is 0 Å². The third-order valence-corrected chi connectivity index (χ3v) is 2.12. The molecule has 0 bridgehead atoms. The number of carbonyl (C=O) groups is 1. The number of aldehydes is 1. The van der Waals surface area contributed by atoms with Gasteiger partial charge in [-0.05, 0) is 0 Å². The van der Waals surface area contributed by atoms with Crippen LogP contribution in [0, 0.1) is 17.5 Å². The van der Waals surface area contributed by atoms with E-state index in [1.54, 1.807) is 0 Å². The Balaban J connectivity index is 3.25. The zero-order valence-electron chi connectivity index (χ0n) is 8.25. The standard InChI is InChI=1S/C9H3ClF6O2/c10-4-3(1-17)5(11)7(13)8(6(4)12)18-2-9(14,15)16/h1H,2H2. The summed E-state index contributed by atoms with van der Waals surface area (Å²) in [6.45, 7) is -2.03. The van der Waals surface area contributed by atoms with Crippen LogP contribution in [-0.2, 0) is 0 Å². The predicted octanol–water partition coefficient (Wildman–Crippen LogP) is 3.51. The highest BCUT2D eigenvalue weighted by molar-refractivity contribution is 6.33. The number of hydrogen-bond acceptors (Lipinski definition) is 2. The van der Waals surface area contributed by atoms with Crippen molar-refractivity contribution in [3.05, 3.63) is 28.0 Å². The molecule has 0 aliphatic carbocycles. The summed E-state index contributed by atoms with van der Waals surface area (Å²) < 4.78 is 78.7. The third kappa shape index (κ3) is 2.87. The van der Waals surface area contributed by atoms with Crippen LogP contribution in [0.2, 0.25) is 5.02 Å². The van der Waals surface area contributed by atoms with Crippen molar-refractivity contribution < 1.29 is 35.9 Å². The lowest BCUT2D eigenvalue weighted by Crippen LogP contribution is -2.20. The highest BCUT2D eigenvalue weighted by Crippen LogP contribution is 2.34. The minimum absolute atomic E-state index is 0.267.